The van der Waals surface area contributed by atoms with E-state index in [2.05, 4.69) is 0 Å². The van der Waals surface area contributed by atoms with Gasteiger partial charge in [0.15, 0.2) is 0 Å². The third kappa shape index (κ3) is 3.84. The average molecular weight is 369 g/mol. The smallest absolute Gasteiger partial charge is 0.416 e. The lowest BCUT2D eigenvalue weighted by molar-refractivity contribution is -0.138. The van der Waals surface area contributed by atoms with Gasteiger partial charge in [-0.3, -0.25) is 4.79 Å². The molecule has 0 saturated heterocycles. The number of carboxylic acids is 1. The molecule has 0 unspecified atom stereocenters. The number of amides is 1. The maximum atomic E-state index is 13.2. The number of benzene rings is 1. The number of hydrogen-bond acceptors (Lipinski definition) is 3. The van der Waals surface area contributed by atoms with Crippen molar-refractivity contribution in [3.05, 3.63) is 57.3 Å². The van der Waals surface area contributed by atoms with Crippen LogP contribution in [0.1, 0.15) is 43.3 Å². The average Bonchev–Trinajstić information content (AvgIpc) is 3.26. The molecule has 25 heavy (non-hydrogen) atoms. The van der Waals surface area contributed by atoms with E-state index in [1.807, 2.05) is 0 Å². The van der Waals surface area contributed by atoms with E-state index in [1.54, 1.807) is 0 Å². The third-order valence-corrected chi connectivity index (χ3v) is 5.00. The lowest BCUT2D eigenvalue weighted by Gasteiger charge is -2.24. The first kappa shape index (κ1) is 17.5. The Hall–Kier alpha value is -2.35. The van der Waals surface area contributed by atoms with Gasteiger partial charge in [0.05, 0.1) is 10.4 Å². The molecule has 1 aliphatic rings. The van der Waals surface area contributed by atoms with Crippen LogP contribution in [0, 0.1) is 0 Å². The predicted octanol–water partition coefficient (Wildman–Crippen LogP) is 4.27. The summed E-state index contributed by atoms with van der Waals surface area (Å²) >= 11 is 0.830. The van der Waals surface area contributed by atoms with E-state index in [0.29, 0.717) is 0 Å². The molecule has 0 spiro atoms. The van der Waals surface area contributed by atoms with Gasteiger partial charge in [0, 0.05) is 12.6 Å². The molecule has 1 N–H and O–H groups in total. The normalized spacial score (nSPS) is 14.4. The minimum atomic E-state index is -4.49. The minimum absolute atomic E-state index is 0.0230. The number of nitrogens with zero attached hydrogens (tertiary/aromatic N) is 1. The van der Waals surface area contributed by atoms with Gasteiger partial charge in [-0.05, 0) is 36.6 Å². The quantitative estimate of drug-likeness (QED) is 0.856. The van der Waals surface area contributed by atoms with Crippen LogP contribution in [0.5, 0.6) is 0 Å². The van der Waals surface area contributed by atoms with Crippen LogP contribution in [0.2, 0.25) is 0 Å². The third-order valence-electron chi connectivity index (χ3n) is 3.94. The Balaban J connectivity index is 1.88. The van der Waals surface area contributed by atoms with Gasteiger partial charge < -0.3 is 10.0 Å². The zero-order valence-electron chi connectivity index (χ0n) is 12.9. The molecule has 1 saturated carbocycles. The number of alkyl halides is 3. The van der Waals surface area contributed by atoms with E-state index in [-0.39, 0.29) is 27.9 Å². The highest BCUT2D eigenvalue weighted by molar-refractivity contribution is 7.15. The molecule has 0 aliphatic heterocycles. The van der Waals surface area contributed by atoms with Crippen molar-refractivity contribution in [2.24, 2.45) is 0 Å². The molecule has 1 amide bonds. The van der Waals surface area contributed by atoms with Gasteiger partial charge in [-0.1, -0.05) is 18.2 Å². The molecule has 3 rings (SSSR count). The second-order valence-corrected chi connectivity index (χ2v) is 6.87. The molecular weight excluding hydrogens is 355 g/mol. The van der Waals surface area contributed by atoms with Crippen LogP contribution in [-0.2, 0) is 12.7 Å². The van der Waals surface area contributed by atoms with Gasteiger partial charge >= 0.3 is 12.1 Å². The number of rotatable bonds is 5. The highest BCUT2D eigenvalue weighted by Gasteiger charge is 2.37. The van der Waals surface area contributed by atoms with Crippen LogP contribution in [0.15, 0.2) is 36.4 Å². The van der Waals surface area contributed by atoms with Crippen LogP contribution >= 0.6 is 11.3 Å². The van der Waals surface area contributed by atoms with Crippen LogP contribution in [0.25, 0.3) is 0 Å². The van der Waals surface area contributed by atoms with E-state index in [9.17, 15) is 22.8 Å². The molecule has 2 aromatic rings. The summed E-state index contributed by atoms with van der Waals surface area (Å²) in [5.74, 6) is -1.57. The summed E-state index contributed by atoms with van der Waals surface area (Å²) in [6, 6.07) is 7.81. The van der Waals surface area contributed by atoms with Crippen molar-refractivity contribution < 1.29 is 27.9 Å². The maximum Gasteiger partial charge on any atom is 0.416 e. The monoisotopic (exact) mass is 369 g/mol. The molecular formula is C17H14F3NO3S. The maximum absolute atomic E-state index is 13.2. The molecule has 1 fully saturated rings. The number of carboxylic acid groups (broad SMARTS) is 1. The van der Waals surface area contributed by atoms with Crippen molar-refractivity contribution in [2.75, 3.05) is 0 Å². The van der Waals surface area contributed by atoms with E-state index in [4.69, 9.17) is 5.11 Å². The van der Waals surface area contributed by atoms with E-state index in [0.717, 1.165) is 30.2 Å². The first-order chi connectivity index (χ1) is 11.8. The highest BCUT2D eigenvalue weighted by atomic mass is 32.1. The van der Waals surface area contributed by atoms with Crippen molar-refractivity contribution in [3.63, 3.8) is 0 Å². The Kier molecular flexibility index (Phi) is 4.55. The molecule has 1 aromatic heterocycles. The van der Waals surface area contributed by atoms with Gasteiger partial charge in [-0.25, -0.2) is 4.79 Å². The van der Waals surface area contributed by atoms with Gasteiger partial charge in [-0.2, -0.15) is 13.2 Å². The zero-order valence-corrected chi connectivity index (χ0v) is 13.7. The predicted molar refractivity (Wildman–Crippen MR) is 85.6 cm³/mol. The Bertz CT molecular complexity index is 811. The lowest BCUT2D eigenvalue weighted by Crippen LogP contribution is -2.32. The summed E-state index contributed by atoms with van der Waals surface area (Å²) in [5.41, 5.74) is -0.726. The van der Waals surface area contributed by atoms with Gasteiger partial charge in [-0.15, -0.1) is 11.3 Å². The summed E-state index contributed by atoms with van der Waals surface area (Å²) in [5, 5.41) is 8.96. The molecule has 0 atom stereocenters. The number of carbonyl (C=O) groups is 2. The summed E-state index contributed by atoms with van der Waals surface area (Å²) in [7, 11) is 0. The minimum Gasteiger partial charge on any atom is -0.477 e. The second-order valence-electron chi connectivity index (χ2n) is 5.79. The number of aromatic carboxylic acids is 1. The van der Waals surface area contributed by atoms with Crippen LogP contribution < -0.4 is 0 Å². The first-order valence-electron chi connectivity index (χ1n) is 7.56. The molecule has 4 nitrogen and oxygen atoms in total. The molecule has 132 valence electrons. The Morgan fingerprint density at radius 3 is 2.32 bits per heavy atom. The van der Waals surface area contributed by atoms with Crippen molar-refractivity contribution in [2.45, 2.75) is 31.6 Å². The highest BCUT2D eigenvalue weighted by Crippen LogP contribution is 2.35. The fraction of sp³-hybridized carbons (Fsp3) is 0.294. The van der Waals surface area contributed by atoms with Gasteiger partial charge in [0.25, 0.3) is 5.91 Å². The second kappa shape index (κ2) is 6.51. The van der Waals surface area contributed by atoms with Crippen LogP contribution in [-0.4, -0.2) is 27.9 Å². The molecule has 0 bridgehead atoms. The van der Waals surface area contributed by atoms with Crippen molar-refractivity contribution >= 4 is 23.2 Å². The fourth-order valence-electron chi connectivity index (χ4n) is 2.58. The summed E-state index contributed by atoms with van der Waals surface area (Å²) in [4.78, 5) is 25.3. The lowest BCUT2D eigenvalue weighted by atomic mass is 10.1. The number of hydrogen-bond donors (Lipinski definition) is 1. The number of carbonyl (C=O) groups excluding carboxylic acids is 1. The van der Waals surface area contributed by atoms with E-state index in [1.165, 1.54) is 35.2 Å². The van der Waals surface area contributed by atoms with Crippen molar-refractivity contribution in [1.82, 2.24) is 4.90 Å². The van der Waals surface area contributed by atoms with Crippen LogP contribution in [0.3, 0.4) is 0 Å². The largest absolute Gasteiger partial charge is 0.477 e. The topological polar surface area (TPSA) is 57.6 Å². The standard InChI is InChI=1S/C17H14F3NO3S/c18-17(19,20)12-4-2-1-3-10(12)9-21(11-5-6-11)15(22)13-7-8-14(25-13)16(23)24/h1-4,7-8,11H,5-6,9H2,(H,23,24). The van der Waals surface area contributed by atoms with E-state index >= 15 is 0 Å². The number of halogens is 3. The molecule has 1 heterocycles. The van der Waals surface area contributed by atoms with Gasteiger partial charge in [0.2, 0.25) is 0 Å². The summed E-state index contributed by atoms with van der Waals surface area (Å²) in [6.45, 7) is -0.153. The van der Waals surface area contributed by atoms with Crippen molar-refractivity contribution in [3.8, 4) is 0 Å². The Morgan fingerprint density at radius 1 is 1.12 bits per heavy atom. The Labute approximate surface area is 145 Å². The van der Waals surface area contributed by atoms with Gasteiger partial charge in [0.1, 0.15) is 4.88 Å². The number of thiophene rings is 1. The van der Waals surface area contributed by atoms with E-state index < -0.39 is 23.6 Å². The first-order valence-corrected chi connectivity index (χ1v) is 8.38. The summed E-state index contributed by atoms with van der Waals surface area (Å²) < 4.78 is 39.5. The molecule has 0 radical (unpaired) electrons. The SMILES string of the molecule is O=C(O)c1ccc(C(=O)N(Cc2ccccc2C(F)(F)F)C2CC2)s1. The fourth-order valence-corrected chi connectivity index (χ4v) is 3.38. The Morgan fingerprint density at radius 2 is 1.76 bits per heavy atom. The van der Waals surface area contributed by atoms with Crippen LogP contribution in [0.4, 0.5) is 13.2 Å². The molecule has 8 heteroatoms. The molecule has 1 aromatic carbocycles. The summed E-state index contributed by atoms with van der Waals surface area (Å²) in [6.07, 6.45) is -3.03. The molecule has 1 aliphatic carbocycles. The van der Waals surface area contributed by atoms with Crippen molar-refractivity contribution in [1.29, 1.82) is 0 Å². The zero-order chi connectivity index (χ0) is 18.2.